The quantitative estimate of drug-likeness (QED) is 0.740. The summed E-state index contributed by atoms with van der Waals surface area (Å²) in [4.78, 5) is 0.673. The second-order valence-electron chi connectivity index (χ2n) is 4.37. The Morgan fingerprint density at radius 3 is 2.53 bits per heavy atom. The molecule has 0 saturated carbocycles. The number of nitrogens with zero attached hydrogens (tertiary/aromatic N) is 1. The van der Waals surface area contributed by atoms with Crippen molar-refractivity contribution in [3.63, 3.8) is 0 Å². The largest absolute Gasteiger partial charge is 0.460 e. The molecule has 0 spiro atoms. The summed E-state index contributed by atoms with van der Waals surface area (Å²) < 4.78 is 37.8. The van der Waals surface area contributed by atoms with Crippen molar-refractivity contribution >= 4 is 0 Å². The van der Waals surface area contributed by atoms with Gasteiger partial charge >= 0.3 is 6.30 Å². The Morgan fingerprint density at radius 1 is 1.33 bits per heavy atom. The zero-order chi connectivity index (χ0) is 11.5. The Balaban J connectivity index is 2.50. The second kappa shape index (κ2) is 5.16. The number of hydrogen-bond donors (Lipinski definition) is 1. The Labute approximate surface area is 88.8 Å². The topological polar surface area (TPSA) is 15.3 Å². The van der Waals surface area contributed by atoms with Crippen LogP contribution in [0.5, 0.6) is 0 Å². The van der Waals surface area contributed by atoms with Gasteiger partial charge in [0.2, 0.25) is 0 Å². The van der Waals surface area contributed by atoms with E-state index in [9.17, 15) is 13.2 Å². The standard InChI is InChI=1S/C10H19F3N2/c1-8(2)14-7-9-5-3-4-6-15(9)10(11,12)13/h8-9,14H,3-7H2,1-2H3/t9-/m1/s1. The number of likely N-dealkylation sites (tertiary alicyclic amines) is 1. The lowest BCUT2D eigenvalue weighted by atomic mass is 10.0. The first-order valence-corrected chi connectivity index (χ1v) is 5.48. The molecular weight excluding hydrogens is 205 g/mol. The molecule has 1 heterocycles. The molecule has 0 unspecified atom stereocenters. The van der Waals surface area contributed by atoms with E-state index >= 15 is 0 Å². The van der Waals surface area contributed by atoms with E-state index in [1.54, 1.807) is 0 Å². The van der Waals surface area contributed by atoms with Gasteiger partial charge in [-0.1, -0.05) is 20.3 Å². The number of alkyl halides is 3. The summed E-state index contributed by atoms with van der Waals surface area (Å²) in [5, 5.41) is 3.08. The van der Waals surface area contributed by atoms with E-state index < -0.39 is 6.30 Å². The maximum atomic E-state index is 12.6. The van der Waals surface area contributed by atoms with Crippen molar-refractivity contribution in [2.75, 3.05) is 13.1 Å². The van der Waals surface area contributed by atoms with Gasteiger partial charge in [-0.2, -0.15) is 13.2 Å². The molecule has 2 nitrogen and oxygen atoms in total. The predicted molar refractivity (Wildman–Crippen MR) is 53.5 cm³/mol. The molecule has 1 aliphatic heterocycles. The monoisotopic (exact) mass is 224 g/mol. The van der Waals surface area contributed by atoms with Gasteiger partial charge in [0.15, 0.2) is 0 Å². The van der Waals surface area contributed by atoms with Crippen LogP contribution in [0.1, 0.15) is 33.1 Å². The summed E-state index contributed by atoms with van der Waals surface area (Å²) in [6.45, 7) is 4.46. The third-order valence-corrected chi connectivity index (χ3v) is 2.71. The van der Waals surface area contributed by atoms with E-state index in [0.29, 0.717) is 24.3 Å². The van der Waals surface area contributed by atoms with Gasteiger partial charge < -0.3 is 5.32 Å². The van der Waals surface area contributed by atoms with Crippen LogP contribution in [0, 0.1) is 0 Å². The van der Waals surface area contributed by atoms with Crippen LogP contribution in [0.4, 0.5) is 13.2 Å². The molecule has 1 atom stereocenters. The Hall–Kier alpha value is -0.290. The molecule has 0 aliphatic carbocycles. The molecule has 1 N–H and O–H groups in total. The summed E-state index contributed by atoms with van der Waals surface area (Å²) >= 11 is 0. The molecule has 1 rings (SSSR count). The van der Waals surface area contributed by atoms with Crippen molar-refractivity contribution in [1.29, 1.82) is 0 Å². The minimum atomic E-state index is -4.18. The van der Waals surface area contributed by atoms with Crippen LogP contribution in [-0.4, -0.2) is 36.4 Å². The number of piperidine rings is 1. The maximum Gasteiger partial charge on any atom is 0.460 e. The maximum absolute atomic E-state index is 12.6. The second-order valence-corrected chi connectivity index (χ2v) is 4.37. The summed E-state index contributed by atoms with van der Waals surface area (Å²) in [7, 11) is 0. The van der Waals surface area contributed by atoms with Crippen molar-refractivity contribution in [2.45, 2.75) is 51.5 Å². The average molecular weight is 224 g/mol. The first-order valence-electron chi connectivity index (χ1n) is 5.48. The molecule has 1 aliphatic rings. The minimum absolute atomic E-state index is 0.147. The molecule has 15 heavy (non-hydrogen) atoms. The average Bonchev–Trinajstić information content (AvgIpc) is 2.13. The first-order chi connectivity index (χ1) is 6.91. The molecule has 5 heteroatoms. The zero-order valence-electron chi connectivity index (χ0n) is 9.27. The molecule has 1 saturated heterocycles. The third-order valence-electron chi connectivity index (χ3n) is 2.71. The summed E-state index contributed by atoms with van der Waals surface area (Å²) in [6, 6.07) is -0.150. The van der Waals surface area contributed by atoms with Gasteiger partial charge in [0.25, 0.3) is 0 Å². The highest BCUT2D eigenvalue weighted by molar-refractivity contribution is 4.80. The molecule has 90 valence electrons. The highest BCUT2D eigenvalue weighted by atomic mass is 19.4. The summed E-state index contributed by atoms with van der Waals surface area (Å²) in [5.41, 5.74) is 0. The van der Waals surface area contributed by atoms with Crippen molar-refractivity contribution in [1.82, 2.24) is 10.2 Å². The lowest BCUT2D eigenvalue weighted by Gasteiger charge is -2.37. The lowest BCUT2D eigenvalue weighted by Crippen LogP contribution is -2.52. The van der Waals surface area contributed by atoms with Crippen molar-refractivity contribution in [3.8, 4) is 0 Å². The van der Waals surface area contributed by atoms with Crippen LogP contribution >= 0.6 is 0 Å². The Bertz CT molecular complexity index is 192. The molecule has 1 fully saturated rings. The van der Waals surface area contributed by atoms with Crippen LogP contribution in [0.3, 0.4) is 0 Å². The van der Waals surface area contributed by atoms with Crippen LogP contribution in [-0.2, 0) is 0 Å². The van der Waals surface area contributed by atoms with E-state index in [1.165, 1.54) is 0 Å². The van der Waals surface area contributed by atoms with Crippen LogP contribution in [0.15, 0.2) is 0 Å². The Kier molecular flexibility index (Phi) is 4.40. The van der Waals surface area contributed by atoms with Gasteiger partial charge in [-0.3, -0.25) is 0 Å². The molecule has 0 radical (unpaired) electrons. The van der Waals surface area contributed by atoms with Gasteiger partial charge in [0, 0.05) is 25.2 Å². The van der Waals surface area contributed by atoms with Gasteiger partial charge in [0.1, 0.15) is 0 Å². The van der Waals surface area contributed by atoms with E-state index in [0.717, 1.165) is 6.42 Å². The van der Waals surface area contributed by atoms with Gasteiger partial charge in [-0.05, 0) is 12.8 Å². The van der Waals surface area contributed by atoms with E-state index in [4.69, 9.17) is 0 Å². The fraction of sp³-hybridized carbons (Fsp3) is 1.00. The number of hydrogen-bond acceptors (Lipinski definition) is 2. The van der Waals surface area contributed by atoms with Gasteiger partial charge in [-0.25, -0.2) is 4.90 Å². The fourth-order valence-corrected chi connectivity index (χ4v) is 1.92. The number of nitrogens with one attached hydrogen (secondary N) is 1. The molecule has 0 aromatic heterocycles. The first kappa shape index (κ1) is 12.8. The molecule has 0 amide bonds. The van der Waals surface area contributed by atoms with Crippen LogP contribution in [0.25, 0.3) is 0 Å². The third kappa shape index (κ3) is 3.99. The van der Waals surface area contributed by atoms with Crippen molar-refractivity contribution < 1.29 is 13.2 Å². The van der Waals surface area contributed by atoms with Crippen molar-refractivity contribution in [3.05, 3.63) is 0 Å². The van der Waals surface area contributed by atoms with E-state index in [-0.39, 0.29) is 18.6 Å². The summed E-state index contributed by atoms with van der Waals surface area (Å²) in [6.07, 6.45) is -1.99. The molecule has 0 aromatic rings. The lowest BCUT2D eigenvalue weighted by molar-refractivity contribution is -0.263. The molecule has 0 aromatic carbocycles. The van der Waals surface area contributed by atoms with Crippen molar-refractivity contribution in [2.24, 2.45) is 0 Å². The predicted octanol–water partition coefficient (Wildman–Crippen LogP) is 2.36. The summed E-state index contributed by atoms with van der Waals surface area (Å²) in [5.74, 6) is 0. The highest BCUT2D eigenvalue weighted by Crippen LogP contribution is 2.29. The minimum Gasteiger partial charge on any atom is -0.313 e. The number of halogens is 3. The normalized spacial score (nSPS) is 24.8. The van der Waals surface area contributed by atoms with E-state index in [1.807, 2.05) is 13.8 Å². The van der Waals surface area contributed by atoms with Gasteiger partial charge in [-0.15, -0.1) is 0 Å². The SMILES string of the molecule is CC(C)NC[C@H]1CCCCN1C(F)(F)F. The highest BCUT2D eigenvalue weighted by Gasteiger charge is 2.42. The zero-order valence-corrected chi connectivity index (χ0v) is 9.27. The fourth-order valence-electron chi connectivity index (χ4n) is 1.92. The Morgan fingerprint density at radius 2 is 2.00 bits per heavy atom. The molecule has 0 bridgehead atoms. The van der Waals surface area contributed by atoms with Gasteiger partial charge in [0.05, 0.1) is 0 Å². The van der Waals surface area contributed by atoms with Crippen LogP contribution < -0.4 is 5.32 Å². The number of rotatable bonds is 3. The van der Waals surface area contributed by atoms with E-state index in [2.05, 4.69) is 5.32 Å². The van der Waals surface area contributed by atoms with Crippen LogP contribution in [0.2, 0.25) is 0 Å². The molecular formula is C10H19F3N2. The smallest absolute Gasteiger partial charge is 0.313 e.